The van der Waals surface area contributed by atoms with Gasteiger partial charge in [0.2, 0.25) is 11.1 Å². The number of nitrogens with zero attached hydrogens (tertiary/aromatic N) is 5. The maximum Gasteiger partial charge on any atom is 0.233 e. The van der Waals surface area contributed by atoms with E-state index >= 15 is 0 Å². The van der Waals surface area contributed by atoms with Gasteiger partial charge in [0.05, 0.1) is 11.4 Å². The van der Waals surface area contributed by atoms with Gasteiger partial charge in [0.1, 0.15) is 5.75 Å². The summed E-state index contributed by atoms with van der Waals surface area (Å²) in [4.78, 5) is 14.1. The highest BCUT2D eigenvalue weighted by Crippen LogP contribution is 2.21. The molecule has 1 aromatic heterocycles. The lowest BCUT2D eigenvalue weighted by molar-refractivity contribution is -0.129. The predicted molar refractivity (Wildman–Crippen MR) is 82.0 cm³/mol. The molecule has 7 nitrogen and oxygen atoms in total. The van der Waals surface area contributed by atoms with E-state index in [1.54, 1.807) is 28.9 Å². The van der Waals surface area contributed by atoms with Gasteiger partial charge < -0.3 is 10.0 Å². The summed E-state index contributed by atoms with van der Waals surface area (Å²) in [6, 6.07) is 6.60. The Bertz CT molecular complexity index is 637. The molecule has 1 aromatic carbocycles. The topological polar surface area (TPSA) is 84.1 Å². The second-order valence-electron chi connectivity index (χ2n) is 5.12. The molecule has 2 aromatic rings. The number of carbonyl (C=O) groups is 1. The van der Waals surface area contributed by atoms with Gasteiger partial charge in [-0.15, -0.1) is 5.10 Å². The molecule has 1 N–H and O–H groups in total. The first-order valence-corrected chi connectivity index (χ1v) is 8.21. The molecule has 1 aliphatic rings. The smallest absolute Gasteiger partial charge is 0.233 e. The van der Waals surface area contributed by atoms with Crippen LogP contribution in [0.4, 0.5) is 0 Å². The molecule has 0 radical (unpaired) electrons. The minimum absolute atomic E-state index is 0.130. The fraction of sp³-hybridized carbons (Fsp3) is 0.429. The van der Waals surface area contributed by atoms with Gasteiger partial charge in [-0.25, -0.2) is 0 Å². The second kappa shape index (κ2) is 6.78. The molecule has 3 rings (SSSR count). The van der Waals surface area contributed by atoms with Crippen LogP contribution < -0.4 is 0 Å². The van der Waals surface area contributed by atoms with Crippen molar-refractivity contribution >= 4 is 17.7 Å². The number of carbonyl (C=O) groups excluding carboxylic acids is 1. The lowest BCUT2D eigenvalue weighted by Crippen LogP contribution is -2.36. The molecule has 0 spiro atoms. The van der Waals surface area contributed by atoms with Crippen molar-refractivity contribution in [1.82, 2.24) is 25.1 Å². The molecule has 22 heavy (non-hydrogen) atoms. The number of thioether (sulfide) groups is 1. The summed E-state index contributed by atoms with van der Waals surface area (Å²) in [5.74, 6) is 0.648. The van der Waals surface area contributed by atoms with Crippen molar-refractivity contribution in [2.75, 3.05) is 18.8 Å². The number of phenols is 1. The van der Waals surface area contributed by atoms with Gasteiger partial charge in [-0.2, -0.15) is 4.68 Å². The highest BCUT2D eigenvalue weighted by molar-refractivity contribution is 7.99. The molecule has 0 unspecified atom stereocenters. The summed E-state index contributed by atoms with van der Waals surface area (Å²) in [7, 11) is 0. The first-order valence-electron chi connectivity index (χ1n) is 7.22. The molecule has 116 valence electrons. The number of rotatable bonds is 4. The van der Waals surface area contributed by atoms with Gasteiger partial charge in [-0.1, -0.05) is 11.8 Å². The van der Waals surface area contributed by atoms with Crippen LogP contribution in [-0.4, -0.2) is 55.0 Å². The summed E-state index contributed by atoms with van der Waals surface area (Å²) >= 11 is 1.33. The Morgan fingerprint density at radius 2 is 1.91 bits per heavy atom. The predicted octanol–water partition coefficient (Wildman–Crippen LogP) is 1.47. The largest absolute Gasteiger partial charge is 0.508 e. The molecule has 2 heterocycles. The van der Waals surface area contributed by atoms with Crippen LogP contribution in [0.1, 0.15) is 19.3 Å². The Hall–Kier alpha value is -2.09. The number of amides is 1. The maximum absolute atomic E-state index is 12.2. The summed E-state index contributed by atoms with van der Waals surface area (Å²) in [6.45, 7) is 1.70. The van der Waals surface area contributed by atoms with Crippen LogP contribution in [0, 0.1) is 0 Å². The number of phenolic OH excluding ortho intramolecular Hbond substituents is 1. The summed E-state index contributed by atoms with van der Waals surface area (Å²) < 4.78 is 1.56. The standard InChI is InChI=1S/C14H17N5O2S/c20-12-6-4-11(5-7-12)19-14(15-16-17-19)22-10-13(21)18-8-2-1-3-9-18/h4-7,20H,1-3,8-10H2. The zero-order valence-electron chi connectivity index (χ0n) is 12.1. The van der Waals surface area contributed by atoms with Crippen molar-refractivity contribution in [3.05, 3.63) is 24.3 Å². The van der Waals surface area contributed by atoms with E-state index in [9.17, 15) is 9.90 Å². The van der Waals surface area contributed by atoms with Crippen LogP contribution in [0.2, 0.25) is 0 Å². The number of tetrazole rings is 1. The summed E-state index contributed by atoms with van der Waals surface area (Å²) in [6.07, 6.45) is 3.37. The molecule has 0 atom stereocenters. The van der Waals surface area contributed by atoms with Gasteiger partial charge in [0.15, 0.2) is 0 Å². The van der Waals surface area contributed by atoms with Crippen LogP contribution in [0.3, 0.4) is 0 Å². The van der Waals surface area contributed by atoms with E-state index in [0.717, 1.165) is 31.6 Å². The highest BCUT2D eigenvalue weighted by Gasteiger charge is 2.18. The number of benzene rings is 1. The third-order valence-corrected chi connectivity index (χ3v) is 4.47. The average molecular weight is 319 g/mol. The van der Waals surface area contributed by atoms with Crippen LogP contribution in [0.5, 0.6) is 5.75 Å². The van der Waals surface area contributed by atoms with E-state index < -0.39 is 0 Å². The van der Waals surface area contributed by atoms with Gasteiger partial charge in [0.25, 0.3) is 0 Å². The minimum Gasteiger partial charge on any atom is -0.508 e. The fourth-order valence-electron chi connectivity index (χ4n) is 2.39. The number of aromatic hydroxyl groups is 1. The van der Waals surface area contributed by atoms with Gasteiger partial charge in [0, 0.05) is 13.1 Å². The number of hydrogen-bond acceptors (Lipinski definition) is 6. The van der Waals surface area contributed by atoms with Gasteiger partial charge >= 0.3 is 0 Å². The van der Waals surface area contributed by atoms with Gasteiger partial charge in [-0.3, -0.25) is 4.79 Å². The SMILES string of the molecule is O=C(CSc1nnnn1-c1ccc(O)cc1)N1CCCCC1. The Labute approximate surface area is 132 Å². The van der Waals surface area contributed by atoms with E-state index in [1.165, 1.54) is 18.2 Å². The molecule has 1 fully saturated rings. The molecule has 1 aliphatic heterocycles. The summed E-state index contributed by atoms with van der Waals surface area (Å²) in [5.41, 5.74) is 0.746. The van der Waals surface area contributed by atoms with Crippen LogP contribution in [0.15, 0.2) is 29.4 Å². The molecule has 0 bridgehead atoms. The first-order chi connectivity index (χ1) is 10.7. The van der Waals surface area contributed by atoms with E-state index in [-0.39, 0.29) is 11.7 Å². The lowest BCUT2D eigenvalue weighted by atomic mass is 10.1. The molecule has 1 saturated heterocycles. The third-order valence-electron chi connectivity index (χ3n) is 3.57. The monoisotopic (exact) mass is 319 g/mol. The molecule has 1 amide bonds. The lowest BCUT2D eigenvalue weighted by Gasteiger charge is -2.26. The number of likely N-dealkylation sites (tertiary alicyclic amines) is 1. The third kappa shape index (κ3) is 3.38. The van der Waals surface area contributed by atoms with Crippen molar-refractivity contribution in [3.8, 4) is 11.4 Å². The van der Waals surface area contributed by atoms with E-state index in [1.807, 2.05) is 4.90 Å². The van der Waals surface area contributed by atoms with Crippen molar-refractivity contribution in [2.24, 2.45) is 0 Å². The zero-order chi connectivity index (χ0) is 15.4. The van der Waals surface area contributed by atoms with Crippen LogP contribution in [0.25, 0.3) is 5.69 Å². The zero-order valence-corrected chi connectivity index (χ0v) is 12.9. The quantitative estimate of drug-likeness (QED) is 0.859. The average Bonchev–Trinajstić information content (AvgIpc) is 3.02. The van der Waals surface area contributed by atoms with Crippen molar-refractivity contribution in [1.29, 1.82) is 0 Å². The molecule has 8 heteroatoms. The number of piperidine rings is 1. The Balaban J connectivity index is 1.65. The minimum atomic E-state index is 0.130. The normalized spacial score (nSPS) is 15.0. The Morgan fingerprint density at radius 3 is 2.64 bits per heavy atom. The van der Waals surface area contributed by atoms with Crippen LogP contribution in [-0.2, 0) is 4.79 Å². The Morgan fingerprint density at radius 1 is 1.18 bits per heavy atom. The Kier molecular flexibility index (Phi) is 4.57. The molecular formula is C14H17N5O2S. The van der Waals surface area contributed by atoms with E-state index in [4.69, 9.17) is 0 Å². The highest BCUT2D eigenvalue weighted by atomic mass is 32.2. The van der Waals surface area contributed by atoms with E-state index in [0.29, 0.717) is 10.9 Å². The fourth-order valence-corrected chi connectivity index (χ4v) is 3.18. The van der Waals surface area contributed by atoms with Crippen molar-refractivity contribution < 1.29 is 9.90 Å². The maximum atomic E-state index is 12.2. The van der Waals surface area contributed by atoms with Crippen molar-refractivity contribution in [3.63, 3.8) is 0 Å². The molecule has 0 saturated carbocycles. The first kappa shape index (κ1) is 14.8. The van der Waals surface area contributed by atoms with Crippen molar-refractivity contribution in [2.45, 2.75) is 24.4 Å². The molecular weight excluding hydrogens is 302 g/mol. The molecule has 0 aliphatic carbocycles. The number of aromatic nitrogens is 4. The van der Waals surface area contributed by atoms with Crippen LogP contribution >= 0.6 is 11.8 Å². The summed E-state index contributed by atoms with van der Waals surface area (Å²) in [5, 5.41) is 21.5. The van der Waals surface area contributed by atoms with E-state index in [2.05, 4.69) is 15.5 Å². The number of hydrogen-bond donors (Lipinski definition) is 1. The second-order valence-corrected chi connectivity index (χ2v) is 6.06. The van der Waals surface area contributed by atoms with Gasteiger partial charge in [-0.05, 0) is 54.0 Å².